The zero-order chi connectivity index (χ0) is 10.8. The lowest BCUT2D eigenvalue weighted by atomic mass is 10.4. The third-order valence-electron chi connectivity index (χ3n) is 2.94. The molecular formula is C11H15N5. The molecule has 0 aromatic carbocycles. The largest absolute Gasteiger partial charge is 0.329 e. The smallest absolute Gasteiger partial charge is 0.110 e. The quantitative estimate of drug-likeness (QED) is 0.785. The summed E-state index contributed by atoms with van der Waals surface area (Å²) in [4.78, 5) is 4.48. The van der Waals surface area contributed by atoms with Crippen LogP contribution in [0.25, 0.3) is 0 Å². The van der Waals surface area contributed by atoms with E-state index in [1.165, 1.54) is 11.5 Å². The summed E-state index contributed by atoms with van der Waals surface area (Å²) in [6.07, 6.45) is 6.78. The van der Waals surface area contributed by atoms with Crippen LogP contribution in [0.5, 0.6) is 0 Å². The Morgan fingerprint density at radius 2 is 2.38 bits per heavy atom. The first-order valence-corrected chi connectivity index (χ1v) is 5.65. The van der Waals surface area contributed by atoms with Crippen LogP contribution in [0, 0.1) is 0 Å². The molecule has 0 saturated carbocycles. The molecule has 16 heavy (non-hydrogen) atoms. The molecule has 0 radical (unpaired) electrons. The molecular weight excluding hydrogens is 202 g/mol. The molecule has 0 saturated heterocycles. The second-order valence-corrected chi connectivity index (χ2v) is 4.02. The number of hydrogen-bond acceptors (Lipinski definition) is 3. The lowest BCUT2D eigenvalue weighted by Gasteiger charge is -2.08. The van der Waals surface area contributed by atoms with Crippen molar-refractivity contribution in [3.63, 3.8) is 0 Å². The van der Waals surface area contributed by atoms with E-state index in [-0.39, 0.29) is 0 Å². The Bertz CT molecular complexity index is 457. The fourth-order valence-electron chi connectivity index (χ4n) is 2.13. The van der Waals surface area contributed by atoms with Crippen molar-refractivity contribution in [1.29, 1.82) is 0 Å². The highest BCUT2D eigenvalue weighted by Gasteiger charge is 2.12. The Morgan fingerprint density at radius 3 is 3.25 bits per heavy atom. The van der Waals surface area contributed by atoms with E-state index in [1.54, 1.807) is 6.20 Å². The highest BCUT2D eigenvalue weighted by molar-refractivity contribution is 5.08. The Labute approximate surface area is 94.1 Å². The van der Waals surface area contributed by atoms with Crippen molar-refractivity contribution < 1.29 is 0 Å². The summed E-state index contributed by atoms with van der Waals surface area (Å²) < 4.78 is 4.24. The van der Waals surface area contributed by atoms with Crippen LogP contribution in [0.1, 0.15) is 11.5 Å². The minimum atomic E-state index is 0.806. The highest BCUT2D eigenvalue weighted by Crippen LogP contribution is 2.09. The molecule has 0 aliphatic carbocycles. The molecule has 3 heterocycles. The topological polar surface area (TPSA) is 47.7 Å². The maximum absolute atomic E-state index is 4.48. The van der Waals surface area contributed by atoms with Crippen molar-refractivity contribution in [3.05, 3.63) is 36.2 Å². The van der Waals surface area contributed by atoms with Crippen molar-refractivity contribution in [3.8, 4) is 0 Å². The minimum Gasteiger partial charge on any atom is -0.329 e. The third-order valence-corrected chi connectivity index (χ3v) is 2.94. The molecule has 0 fully saturated rings. The summed E-state index contributed by atoms with van der Waals surface area (Å²) in [6, 6.07) is 1.95. The molecule has 3 rings (SSSR count). The van der Waals surface area contributed by atoms with E-state index in [4.69, 9.17) is 0 Å². The fourth-order valence-corrected chi connectivity index (χ4v) is 2.13. The number of rotatable bonds is 2. The van der Waals surface area contributed by atoms with E-state index in [2.05, 4.69) is 20.0 Å². The molecule has 1 aliphatic rings. The van der Waals surface area contributed by atoms with Crippen LogP contribution in [0.4, 0.5) is 0 Å². The first-order valence-electron chi connectivity index (χ1n) is 5.65. The maximum Gasteiger partial charge on any atom is 0.110 e. The average molecular weight is 217 g/mol. The molecule has 0 amide bonds. The lowest BCUT2D eigenvalue weighted by Crippen LogP contribution is -2.18. The zero-order valence-corrected chi connectivity index (χ0v) is 9.13. The van der Waals surface area contributed by atoms with Crippen molar-refractivity contribution in [1.82, 2.24) is 24.6 Å². The van der Waals surface area contributed by atoms with Crippen LogP contribution < -0.4 is 5.32 Å². The molecule has 5 nitrogen and oxygen atoms in total. The van der Waals surface area contributed by atoms with Gasteiger partial charge in [0.25, 0.3) is 0 Å². The maximum atomic E-state index is 4.48. The molecule has 0 atom stereocenters. The molecule has 5 heteroatoms. The average Bonchev–Trinajstić information content (AvgIpc) is 2.86. The first-order chi connectivity index (χ1) is 7.93. The van der Waals surface area contributed by atoms with Crippen LogP contribution in [0.2, 0.25) is 0 Å². The monoisotopic (exact) mass is 217 g/mol. The molecule has 0 spiro atoms. The van der Waals surface area contributed by atoms with Crippen molar-refractivity contribution in [2.45, 2.75) is 19.5 Å². The number of nitrogens with one attached hydrogen (secondary N) is 1. The van der Waals surface area contributed by atoms with Crippen molar-refractivity contribution >= 4 is 0 Å². The van der Waals surface area contributed by atoms with E-state index >= 15 is 0 Å². The third kappa shape index (κ3) is 1.74. The number of imidazole rings is 1. The summed E-state index contributed by atoms with van der Waals surface area (Å²) >= 11 is 0. The van der Waals surface area contributed by atoms with Crippen LogP contribution in [-0.4, -0.2) is 32.4 Å². The second kappa shape index (κ2) is 4.09. The van der Waals surface area contributed by atoms with E-state index in [0.717, 1.165) is 32.6 Å². The van der Waals surface area contributed by atoms with Crippen LogP contribution in [0.15, 0.2) is 24.7 Å². The van der Waals surface area contributed by atoms with Gasteiger partial charge in [-0.25, -0.2) is 4.98 Å². The van der Waals surface area contributed by atoms with E-state index in [0.29, 0.717) is 0 Å². The van der Waals surface area contributed by atoms with Gasteiger partial charge < -0.3 is 9.88 Å². The molecule has 1 N–H and O–H groups in total. The van der Waals surface area contributed by atoms with Gasteiger partial charge in [-0.15, -0.1) is 0 Å². The standard InChI is InChI=1S/C11H15N5/c1-3-14-15(6-1)9-10-8-13-11-2-4-12-5-7-16(10)11/h1,3,6,8,12H,2,4-5,7,9H2. The second-order valence-electron chi connectivity index (χ2n) is 4.02. The summed E-state index contributed by atoms with van der Waals surface area (Å²) in [5.41, 5.74) is 1.24. The number of nitrogens with zero attached hydrogens (tertiary/aromatic N) is 4. The number of aromatic nitrogens is 4. The van der Waals surface area contributed by atoms with Gasteiger partial charge in [-0.3, -0.25) is 4.68 Å². The van der Waals surface area contributed by atoms with Crippen molar-refractivity contribution in [2.75, 3.05) is 13.1 Å². The van der Waals surface area contributed by atoms with E-state index in [1.807, 2.05) is 23.1 Å². The SMILES string of the molecule is c1cnn(Cc2cnc3n2CCNCC3)c1. The molecule has 1 aliphatic heterocycles. The first kappa shape index (κ1) is 9.59. The molecule has 0 bridgehead atoms. The minimum absolute atomic E-state index is 0.806. The summed E-state index contributed by atoms with van der Waals surface area (Å²) in [5.74, 6) is 1.19. The van der Waals surface area contributed by atoms with Gasteiger partial charge in [0.15, 0.2) is 0 Å². The summed E-state index contributed by atoms with van der Waals surface area (Å²) in [6.45, 7) is 3.86. The van der Waals surface area contributed by atoms with Crippen LogP contribution >= 0.6 is 0 Å². The number of hydrogen-bond donors (Lipinski definition) is 1. The predicted molar refractivity (Wildman–Crippen MR) is 60.1 cm³/mol. The summed E-state index contributed by atoms with van der Waals surface area (Å²) in [7, 11) is 0. The van der Waals surface area contributed by atoms with E-state index < -0.39 is 0 Å². The van der Waals surface area contributed by atoms with Gasteiger partial charge in [0, 0.05) is 38.4 Å². The molecule has 84 valence electrons. The molecule has 0 unspecified atom stereocenters. The summed E-state index contributed by atoms with van der Waals surface area (Å²) in [5, 5.41) is 7.61. The Kier molecular flexibility index (Phi) is 2.46. The van der Waals surface area contributed by atoms with Gasteiger partial charge in [0.05, 0.1) is 18.4 Å². The van der Waals surface area contributed by atoms with Gasteiger partial charge in [-0.05, 0) is 6.07 Å². The normalized spacial score (nSPS) is 15.8. The van der Waals surface area contributed by atoms with Gasteiger partial charge in [-0.2, -0.15) is 5.10 Å². The fraction of sp³-hybridized carbons (Fsp3) is 0.455. The van der Waals surface area contributed by atoms with Gasteiger partial charge in [-0.1, -0.05) is 0 Å². The Morgan fingerprint density at radius 1 is 1.38 bits per heavy atom. The Balaban J connectivity index is 1.87. The van der Waals surface area contributed by atoms with Gasteiger partial charge in [0.1, 0.15) is 5.82 Å². The predicted octanol–water partition coefficient (Wildman–Crippen LogP) is 0.274. The van der Waals surface area contributed by atoms with Crippen molar-refractivity contribution in [2.24, 2.45) is 0 Å². The lowest BCUT2D eigenvalue weighted by molar-refractivity contribution is 0.589. The van der Waals surface area contributed by atoms with Crippen LogP contribution in [-0.2, 0) is 19.5 Å². The zero-order valence-electron chi connectivity index (χ0n) is 9.13. The highest BCUT2D eigenvalue weighted by atomic mass is 15.3. The van der Waals surface area contributed by atoms with E-state index in [9.17, 15) is 0 Å². The Hall–Kier alpha value is -1.62. The van der Waals surface area contributed by atoms with Crippen LogP contribution in [0.3, 0.4) is 0 Å². The van der Waals surface area contributed by atoms with Gasteiger partial charge >= 0.3 is 0 Å². The number of fused-ring (bicyclic) bond motifs is 1. The molecule has 2 aromatic rings. The van der Waals surface area contributed by atoms with Gasteiger partial charge in [0.2, 0.25) is 0 Å². The molecule has 2 aromatic heterocycles.